The summed E-state index contributed by atoms with van der Waals surface area (Å²) >= 11 is 6.21. The normalized spacial score (nSPS) is 10.7. The van der Waals surface area contributed by atoms with Gasteiger partial charge in [-0.25, -0.2) is 9.78 Å². The van der Waals surface area contributed by atoms with Crippen LogP contribution in [0.1, 0.15) is 5.82 Å². The Morgan fingerprint density at radius 3 is 2.81 bits per heavy atom. The van der Waals surface area contributed by atoms with Crippen LogP contribution in [0, 0.1) is 0 Å². The summed E-state index contributed by atoms with van der Waals surface area (Å²) in [5, 5.41) is 11.7. The lowest BCUT2D eigenvalue weighted by atomic mass is 10.2. The Hall–Kier alpha value is -3.06. The number of aromatic nitrogens is 2. The van der Waals surface area contributed by atoms with Gasteiger partial charge in [-0.2, -0.15) is 0 Å². The maximum Gasteiger partial charge on any atom is 0.404 e. The minimum absolute atomic E-state index is 0.123. The van der Waals surface area contributed by atoms with Crippen LogP contribution in [0.4, 0.5) is 4.79 Å². The molecule has 0 saturated carbocycles. The van der Waals surface area contributed by atoms with Crippen LogP contribution in [0.5, 0.6) is 5.75 Å². The average Bonchev–Trinajstić information content (AvgIpc) is 2.61. The van der Waals surface area contributed by atoms with Crippen molar-refractivity contribution in [3.05, 3.63) is 63.7 Å². The number of ether oxygens (including phenoxy) is 1. The van der Waals surface area contributed by atoms with Gasteiger partial charge >= 0.3 is 6.09 Å². The number of benzene rings is 2. The van der Waals surface area contributed by atoms with Gasteiger partial charge in [0, 0.05) is 19.0 Å². The van der Waals surface area contributed by atoms with Crippen molar-refractivity contribution < 1.29 is 14.6 Å². The topological polar surface area (TPSA) is 93.4 Å². The fourth-order valence-corrected chi connectivity index (χ4v) is 2.95. The molecule has 1 aromatic heterocycles. The lowest BCUT2D eigenvalue weighted by Crippen LogP contribution is -2.29. The average molecular weight is 374 g/mol. The summed E-state index contributed by atoms with van der Waals surface area (Å²) in [7, 11) is 1.54. The second kappa shape index (κ2) is 7.45. The first-order valence-electron chi connectivity index (χ1n) is 7.82. The van der Waals surface area contributed by atoms with Gasteiger partial charge in [0.05, 0.1) is 28.7 Å². The Morgan fingerprint density at radius 2 is 2.08 bits per heavy atom. The van der Waals surface area contributed by atoms with Crippen molar-refractivity contribution in [2.24, 2.45) is 0 Å². The van der Waals surface area contributed by atoms with Crippen LogP contribution in [-0.4, -0.2) is 34.4 Å². The standard InChI is InChI=1S/C18H16ClN3O4/c1-26-12-5-2-4-11(10-12)22-15(8-9-20-18(24)25)21-14-7-3-6-13(19)16(14)17(22)23/h2-7,10,20H,8-9H2,1H3,(H,24,25). The van der Waals surface area contributed by atoms with Crippen LogP contribution >= 0.6 is 11.6 Å². The molecule has 0 atom stereocenters. The van der Waals surface area contributed by atoms with Crippen molar-refractivity contribution in [2.75, 3.05) is 13.7 Å². The van der Waals surface area contributed by atoms with E-state index < -0.39 is 6.09 Å². The van der Waals surface area contributed by atoms with Crippen LogP contribution in [-0.2, 0) is 6.42 Å². The molecule has 3 aromatic rings. The van der Waals surface area contributed by atoms with E-state index in [1.807, 2.05) is 0 Å². The first-order chi connectivity index (χ1) is 12.5. The van der Waals surface area contributed by atoms with Crippen LogP contribution in [0.3, 0.4) is 0 Å². The van der Waals surface area contributed by atoms with Gasteiger partial charge in [-0.1, -0.05) is 23.7 Å². The summed E-state index contributed by atoms with van der Waals surface area (Å²) in [4.78, 5) is 28.4. The minimum atomic E-state index is -1.14. The Kier molecular flexibility index (Phi) is 5.09. The summed E-state index contributed by atoms with van der Waals surface area (Å²) in [5.74, 6) is 1.01. The summed E-state index contributed by atoms with van der Waals surface area (Å²) in [5.41, 5.74) is 0.708. The van der Waals surface area contributed by atoms with Crippen molar-refractivity contribution in [1.29, 1.82) is 0 Å². The third-order valence-electron chi connectivity index (χ3n) is 3.85. The van der Waals surface area contributed by atoms with Gasteiger partial charge in [0.15, 0.2) is 0 Å². The van der Waals surface area contributed by atoms with Crippen LogP contribution in [0.2, 0.25) is 5.02 Å². The fourth-order valence-electron chi connectivity index (χ4n) is 2.70. The first-order valence-corrected chi connectivity index (χ1v) is 8.20. The number of nitrogens with zero attached hydrogens (tertiary/aromatic N) is 2. The molecule has 0 aliphatic rings. The highest BCUT2D eigenvalue weighted by atomic mass is 35.5. The molecule has 0 fully saturated rings. The van der Waals surface area contributed by atoms with E-state index >= 15 is 0 Å². The number of nitrogens with one attached hydrogen (secondary N) is 1. The van der Waals surface area contributed by atoms with E-state index in [-0.39, 0.29) is 18.5 Å². The van der Waals surface area contributed by atoms with Crippen molar-refractivity contribution in [1.82, 2.24) is 14.9 Å². The number of amides is 1. The van der Waals surface area contributed by atoms with Crippen LogP contribution in [0.15, 0.2) is 47.3 Å². The number of methoxy groups -OCH3 is 1. The zero-order chi connectivity index (χ0) is 18.7. The number of fused-ring (bicyclic) bond motifs is 1. The number of carboxylic acid groups (broad SMARTS) is 1. The molecule has 0 bridgehead atoms. The second-order valence-corrected chi connectivity index (χ2v) is 5.89. The van der Waals surface area contributed by atoms with Crippen molar-refractivity contribution >= 4 is 28.6 Å². The van der Waals surface area contributed by atoms with E-state index in [0.29, 0.717) is 33.2 Å². The van der Waals surface area contributed by atoms with Crippen molar-refractivity contribution in [3.8, 4) is 11.4 Å². The molecule has 1 amide bonds. The highest BCUT2D eigenvalue weighted by molar-refractivity contribution is 6.35. The zero-order valence-electron chi connectivity index (χ0n) is 13.9. The van der Waals surface area contributed by atoms with E-state index in [2.05, 4.69) is 10.3 Å². The van der Waals surface area contributed by atoms with Crippen LogP contribution in [0.25, 0.3) is 16.6 Å². The fraction of sp³-hybridized carbons (Fsp3) is 0.167. The summed E-state index contributed by atoms with van der Waals surface area (Å²) < 4.78 is 6.66. The van der Waals surface area contributed by atoms with Gasteiger partial charge in [0.2, 0.25) is 0 Å². The maximum absolute atomic E-state index is 13.1. The summed E-state index contributed by atoms with van der Waals surface area (Å²) in [6.45, 7) is 0.123. The molecule has 26 heavy (non-hydrogen) atoms. The highest BCUT2D eigenvalue weighted by Gasteiger charge is 2.15. The third kappa shape index (κ3) is 3.48. The minimum Gasteiger partial charge on any atom is -0.497 e. The van der Waals surface area contributed by atoms with Gasteiger partial charge < -0.3 is 15.2 Å². The predicted molar refractivity (Wildman–Crippen MR) is 98.6 cm³/mol. The summed E-state index contributed by atoms with van der Waals surface area (Å²) in [6, 6.07) is 12.0. The molecule has 3 rings (SSSR count). The molecule has 0 aliphatic carbocycles. The molecule has 2 N–H and O–H groups in total. The molecular formula is C18H16ClN3O4. The SMILES string of the molecule is COc1cccc(-n2c(CCNC(=O)O)nc3cccc(Cl)c3c2=O)c1. The molecule has 7 nitrogen and oxygen atoms in total. The predicted octanol–water partition coefficient (Wildman–Crippen LogP) is 2.86. The Morgan fingerprint density at radius 1 is 1.31 bits per heavy atom. The van der Waals surface area contributed by atoms with Crippen molar-refractivity contribution in [2.45, 2.75) is 6.42 Å². The maximum atomic E-state index is 13.1. The van der Waals surface area contributed by atoms with E-state index in [1.165, 1.54) is 11.7 Å². The Labute approximate surface area is 153 Å². The lowest BCUT2D eigenvalue weighted by molar-refractivity contribution is 0.194. The monoisotopic (exact) mass is 373 g/mol. The number of hydrogen-bond donors (Lipinski definition) is 2. The van der Waals surface area contributed by atoms with Gasteiger partial charge in [-0.3, -0.25) is 9.36 Å². The van der Waals surface area contributed by atoms with E-state index in [1.54, 1.807) is 42.5 Å². The molecule has 1 heterocycles. The van der Waals surface area contributed by atoms with Crippen LogP contribution < -0.4 is 15.6 Å². The molecule has 0 saturated heterocycles. The Balaban J connectivity index is 2.22. The third-order valence-corrected chi connectivity index (χ3v) is 4.17. The molecule has 2 aromatic carbocycles. The first kappa shape index (κ1) is 17.8. The molecule has 0 radical (unpaired) electrons. The lowest BCUT2D eigenvalue weighted by Gasteiger charge is -2.15. The van der Waals surface area contributed by atoms with Gasteiger partial charge in [0.1, 0.15) is 11.6 Å². The van der Waals surface area contributed by atoms with E-state index in [4.69, 9.17) is 21.4 Å². The number of hydrogen-bond acceptors (Lipinski definition) is 4. The van der Waals surface area contributed by atoms with Crippen molar-refractivity contribution in [3.63, 3.8) is 0 Å². The van der Waals surface area contributed by atoms with Gasteiger partial charge in [-0.05, 0) is 24.3 Å². The number of halogens is 1. The summed E-state index contributed by atoms with van der Waals surface area (Å²) in [6.07, 6.45) is -0.898. The Bertz CT molecular complexity index is 1030. The second-order valence-electron chi connectivity index (χ2n) is 5.49. The molecule has 134 valence electrons. The van der Waals surface area contributed by atoms with E-state index in [0.717, 1.165) is 0 Å². The van der Waals surface area contributed by atoms with Gasteiger partial charge in [-0.15, -0.1) is 0 Å². The quantitative estimate of drug-likeness (QED) is 0.717. The molecule has 0 unspecified atom stereocenters. The smallest absolute Gasteiger partial charge is 0.404 e. The number of carbonyl (C=O) groups is 1. The molecule has 0 spiro atoms. The van der Waals surface area contributed by atoms with E-state index in [9.17, 15) is 9.59 Å². The largest absolute Gasteiger partial charge is 0.497 e. The highest BCUT2D eigenvalue weighted by Crippen LogP contribution is 2.22. The molecular weight excluding hydrogens is 358 g/mol. The molecule has 8 heteroatoms. The number of rotatable bonds is 5. The zero-order valence-corrected chi connectivity index (χ0v) is 14.7. The molecule has 0 aliphatic heterocycles. The van der Waals surface area contributed by atoms with Gasteiger partial charge in [0.25, 0.3) is 5.56 Å².